The first-order chi connectivity index (χ1) is 9.26. The lowest BCUT2D eigenvalue weighted by Crippen LogP contribution is -2.09. The van der Waals surface area contributed by atoms with Crippen LogP contribution in [0.1, 0.15) is 5.56 Å². The smallest absolute Gasteiger partial charge is 0.336 e. The number of esters is 1. The molecule has 0 saturated heterocycles. The number of ether oxygens (including phenoxy) is 2. The molecule has 2 aromatic rings. The van der Waals surface area contributed by atoms with E-state index in [4.69, 9.17) is 9.47 Å². The number of benzene rings is 2. The van der Waals surface area contributed by atoms with Crippen LogP contribution in [-0.2, 0) is 14.3 Å². The fraction of sp³-hybridized carbons (Fsp3) is 0.188. The average Bonchev–Trinajstić information content (AvgIpc) is 2.46. The summed E-state index contributed by atoms with van der Waals surface area (Å²) in [5, 5.41) is 2.24. The van der Waals surface area contributed by atoms with Crippen LogP contribution in [0.15, 0.2) is 48.0 Å². The molecule has 0 radical (unpaired) electrons. The molecule has 0 unspecified atom stereocenters. The van der Waals surface area contributed by atoms with Crippen molar-refractivity contribution in [1.82, 2.24) is 0 Å². The molecule has 0 aromatic heterocycles. The van der Waals surface area contributed by atoms with Gasteiger partial charge in [0.25, 0.3) is 0 Å². The van der Waals surface area contributed by atoms with Gasteiger partial charge in [0.05, 0.1) is 19.3 Å². The van der Waals surface area contributed by atoms with Crippen molar-refractivity contribution in [1.29, 1.82) is 0 Å². The Hall–Kier alpha value is -2.13. The largest absolute Gasteiger partial charge is 0.466 e. The summed E-state index contributed by atoms with van der Waals surface area (Å²) in [6, 6.07) is 14.0. The molecule has 0 aliphatic rings. The molecule has 0 aliphatic heterocycles. The van der Waals surface area contributed by atoms with E-state index in [0.29, 0.717) is 5.57 Å². The van der Waals surface area contributed by atoms with E-state index in [-0.39, 0.29) is 12.6 Å². The Kier molecular flexibility index (Phi) is 4.31. The fourth-order valence-corrected chi connectivity index (χ4v) is 2.01. The van der Waals surface area contributed by atoms with Gasteiger partial charge < -0.3 is 9.47 Å². The summed E-state index contributed by atoms with van der Waals surface area (Å²) in [4.78, 5) is 11.7. The first-order valence-corrected chi connectivity index (χ1v) is 6.02. The maximum Gasteiger partial charge on any atom is 0.336 e. The third-order valence-corrected chi connectivity index (χ3v) is 2.90. The van der Waals surface area contributed by atoms with Gasteiger partial charge in [0, 0.05) is 7.11 Å². The zero-order valence-corrected chi connectivity index (χ0v) is 11.1. The molecule has 0 atom stereocenters. The van der Waals surface area contributed by atoms with Gasteiger partial charge in [-0.25, -0.2) is 4.79 Å². The first kappa shape index (κ1) is 13.3. The van der Waals surface area contributed by atoms with Crippen LogP contribution in [0.4, 0.5) is 0 Å². The van der Waals surface area contributed by atoms with Gasteiger partial charge in [0.15, 0.2) is 0 Å². The van der Waals surface area contributed by atoms with Crippen LogP contribution in [0.25, 0.3) is 16.8 Å². The van der Waals surface area contributed by atoms with Gasteiger partial charge >= 0.3 is 5.97 Å². The molecule has 0 spiro atoms. The van der Waals surface area contributed by atoms with Crippen molar-refractivity contribution >= 4 is 22.8 Å². The fourth-order valence-electron chi connectivity index (χ4n) is 2.01. The van der Waals surface area contributed by atoms with E-state index >= 15 is 0 Å². The molecule has 0 aliphatic carbocycles. The van der Waals surface area contributed by atoms with E-state index in [0.717, 1.165) is 16.3 Å². The molecule has 3 nitrogen and oxygen atoms in total. The van der Waals surface area contributed by atoms with Crippen LogP contribution in [0.5, 0.6) is 0 Å². The maximum atomic E-state index is 11.7. The number of carbonyl (C=O) groups excluding carboxylic acids is 1. The van der Waals surface area contributed by atoms with E-state index in [1.807, 2.05) is 48.5 Å². The van der Waals surface area contributed by atoms with Crippen molar-refractivity contribution in [2.45, 2.75) is 0 Å². The molecule has 0 amide bonds. The van der Waals surface area contributed by atoms with Gasteiger partial charge in [-0.15, -0.1) is 0 Å². The molecule has 0 fully saturated rings. The highest BCUT2D eigenvalue weighted by Gasteiger charge is 2.10. The molecule has 0 saturated carbocycles. The normalized spacial score (nSPS) is 11.6. The van der Waals surface area contributed by atoms with E-state index in [2.05, 4.69) is 0 Å². The molecule has 0 heterocycles. The number of hydrogen-bond acceptors (Lipinski definition) is 3. The monoisotopic (exact) mass is 256 g/mol. The average molecular weight is 256 g/mol. The Bertz CT molecular complexity index is 609. The Balaban J connectivity index is 2.50. The lowest BCUT2D eigenvalue weighted by atomic mass is 10.0. The standard InChI is InChI=1S/C16H16O3/c1-18-11-14(16(17)19-2)10-13-8-5-7-12-6-3-4-9-15(12)13/h3-10H,11H2,1-2H3. The van der Waals surface area contributed by atoms with Crippen LogP contribution in [0, 0.1) is 0 Å². The highest BCUT2D eigenvalue weighted by Crippen LogP contribution is 2.21. The second-order valence-corrected chi connectivity index (χ2v) is 4.16. The Labute approximate surface area is 112 Å². The quantitative estimate of drug-likeness (QED) is 0.623. The van der Waals surface area contributed by atoms with Crippen LogP contribution in [-0.4, -0.2) is 26.8 Å². The molecule has 2 aromatic carbocycles. The second kappa shape index (κ2) is 6.16. The lowest BCUT2D eigenvalue weighted by Gasteiger charge is -2.06. The van der Waals surface area contributed by atoms with Crippen molar-refractivity contribution in [2.24, 2.45) is 0 Å². The third kappa shape index (κ3) is 3.01. The topological polar surface area (TPSA) is 35.5 Å². The van der Waals surface area contributed by atoms with Crippen LogP contribution >= 0.6 is 0 Å². The van der Waals surface area contributed by atoms with Crippen LogP contribution < -0.4 is 0 Å². The van der Waals surface area contributed by atoms with Gasteiger partial charge in [-0.2, -0.15) is 0 Å². The number of fused-ring (bicyclic) bond motifs is 1. The molecule has 19 heavy (non-hydrogen) atoms. The molecule has 2 rings (SSSR count). The summed E-state index contributed by atoms with van der Waals surface area (Å²) in [5.41, 5.74) is 1.48. The predicted octanol–water partition coefficient (Wildman–Crippen LogP) is 3.04. The highest BCUT2D eigenvalue weighted by molar-refractivity contribution is 5.98. The van der Waals surface area contributed by atoms with Gasteiger partial charge in [0.1, 0.15) is 0 Å². The van der Waals surface area contributed by atoms with Crippen molar-refractivity contribution in [3.05, 3.63) is 53.6 Å². The summed E-state index contributed by atoms with van der Waals surface area (Å²) in [6.07, 6.45) is 1.82. The summed E-state index contributed by atoms with van der Waals surface area (Å²) in [7, 11) is 2.93. The maximum absolute atomic E-state index is 11.7. The molecule has 0 N–H and O–H groups in total. The SMILES string of the molecule is COCC(=Cc1cccc2ccccc12)C(=O)OC. The molecular weight excluding hydrogens is 240 g/mol. The third-order valence-electron chi connectivity index (χ3n) is 2.90. The Morgan fingerprint density at radius 3 is 2.58 bits per heavy atom. The molecule has 3 heteroatoms. The Morgan fingerprint density at radius 1 is 1.11 bits per heavy atom. The Morgan fingerprint density at radius 2 is 1.84 bits per heavy atom. The minimum atomic E-state index is -0.366. The van der Waals surface area contributed by atoms with Crippen molar-refractivity contribution in [2.75, 3.05) is 20.8 Å². The lowest BCUT2D eigenvalue weighted by molar-refractivity contribution is -0.136. The number of carbonyl (C=O) groups is 1. The summed E-state index contributed by atoms with van der Waals surface area (Å²) in [6.45, 7) is 0.232. The first-order valence-electron chi connectivity index (χ1n) is 6.02. The van der Waals surface area contributed by atoms with Gasteiger partial charge in [0.2, 0.25) is 0 Å². The summed E-state index contributed by atoms with van der Waals surface area (Å²) in [5.74, 6) is -0.366. The molecule has 0 bridgehead atoms. The highest BCUT2D eigenvalue weighted by atomic mass is 16.5. The zero-order chi connectivity index (χ0) is 13.7. The van der Waals surface area contributed by atoms with E-state index < -0.39 is 0 Å². The number of hydrogen-bond donors (Lipinski definition) is 0. The van der Waals surface area contributed by atoms with Gasteiger partial charge in [-0.05, 0) is 22.4 Å². The van der Waals surface area contributed by atoms with Crippen LogP contribution in [0.2, 0.25) is 0 Å². The minimum Gasteiger partial charge on any atom is -0.466 e. The number of rotatable bonds is 4. The van der Waals surface area contributed by atoms with Gasteiger partial charge in [-0.3, -0.25) is 0 Å². The van der Waals surface area contributed by atoms with Gasteiger partial charge in [-0.1, -0.05) is 42.5 Å². The van der Waals surface area contributed by atoms with E-state index in [1.54, 1.807) is 7.11 Å². The van der Waals surface area contributed by atoms with E-state index in [1.165, 1.54) is 7.11 Å². The van der Waals surface area contributed by atoms with Crippen molar-refractivity contribution in [3.8, 4) is 0 Å². The van der Waals surface area contributed by atoms with Crippen molar-refractivity contribution < 1.29 is 14.3 Å². The molecular formula is C16H16O3. The summed E-state index contributed by atoms with van der Waals surface area (Å²) < 4.78 is 9.80. The molecule has 98 valence electrons. The minimum absolute atomic E-state index is 0.232. The van der Waals surface area contributed by atoms with E-state index in [9.17, 15) is 4.79 Å². The second-order valence-electron chi connectivity index (χ2n) is 4.16. The number of methoxy groups -OCH3 is 2. The van der Waals surface area contributed by atoms with Crippen LogP contribution in [0.3, 0.4) is 0 Å². The zero-order valence-electron chi connectivity index (χ0n) is 11.1. The summed E-state index contributed by atoms with van der Waals surface area (Å²) >= 11 is 0. The van der Waals surface area contributed by atoms with Crippen molar-refractivity contribution in [3.63, 3.8) is 0 Å². The predicted molar refractivity (Wildman–Crippen MR) is 75.8 cm³/mol.